The van der Waals surface area contributed by atoms with E-state index in [9.17, 15) is 43.2 Å². The Labute approximate surface area is 607 Å². The molecule has 6 atom stereocenters. The zero-order valence-electron chi connectivity index (χ0n) is 64.8. The van der Waals surface area contributed by atoms with Crippen LogP contribution in [0.4, 0.5) is 0 Å². The SMILES string of the molecule is CCCCCCCCCCCCCCCCCC(=O)O[C@H](COC(=O)CCCCCCCCCCCCC)COP(=O)(O)OC[C@H](O)COP(=O)(O)OC[C@@H](COC(=O)CCCCCCCCCCCCCCC(C)C)OC(=O)CCCCCCCCCCCCCCCCC(C)CC. The van der Waals surface area contributed by atoms with Gasteiger partial charge in [0.15, 0.2) is 12.2 Å². The number of aliphatic hydroxyl groups is 1. The molecule has 588 valence electrons. The van der Waals surface area contributed by atoms with Crippen molar-refractivity contribution in [3.63, 3.8) is 0 Å². The summed E-state index contributed by atoms with van der Waals surface area (Å²) in [5.74, 6) is -0.480. The molecule has 0 aromatic heterocycles. The van der Waals surface area contributed by atoms with Crippen molar-refractivity contribution in [1.82, 2.24) is 0 Å². The second-order valence-electron chi connectivity index (χ2n) is 29.5. The van der Waals surface area contributed by atoms with Crippen LogP contribution in [0, 0.1) is 11.8 Å². The van der Waals surface area contributed by atoms with Crippen LogP contribution in [0.3, 0.4) is 0 Å². The average molecular weight is 1450 g/mol. The maximum absolute atomic E-state index is 13.1. The lowest BCUT2D eigenvalue weighted by atomic mass is 9.99. The van der Waals surface area contributed by atoms with Crippen LogP contribution in [0.5, 0.6) is 0 Å². The number of aliphatic hydroxyl groups excluding tert-OH is 1. The van der Waals surface area contributed by atoms with Gasteiger partial charge >= 0.3 is 39.5 Å². The highest BCUT2D eigenvalue weighted by Crippen LogP contribution is 2.45. The number of unbranched alkanes of at least 4 members (excludes halogenated alkanes) is 48. The standard InChI is InChI=1S/C80H156O17P2/c1-7-10-12-14-16-18-20-21-22-26-34-40-46-52-58-64-79(84)96-75(68-90-77(82)62-56-50-44-38-30-19-17-15-13-11-8-2)70-94-98(86,87)92-66-74(81)67-93-99(88,89)95-71-76(69-91-78(83)63-57-51-45-39-33-29-28-31-36-42-48-54-60-72(4)5)97-80(85)65-59-53-47-41-35-27-24-23-25-32-37-43-49-55-61-73(6)9-3/h72-76,81H,7-71H2,1-6H3,(H,86,87)(H,88,89)/t73?,74-,75+,76+/m0/s1. The van der Waals surface area contributed by atoms with Crippen molar-refractivity contribution in [1.29, 1.82) is 0 Å². The average Bonchev–Trinajstić information content (AvgIpc) is 1.06. The molecule has 0 aliphatic carbocycles. The predicted molar refractivity (Wildman–Crippen MR) is 405 cm³/mol. The first-order valence-corrected chi connectivity index (χ1v) is 44.5. The lowest BCUT2D eigenvalue weighted by molar-refractivity contribution is -0.161. The van der Waals surface area contributed by atoms with Crippen LogP contribution in [0.2, 0.25) is 0 Å². The van der Waals surface area contributed by atoms with Crippen molar-refractivity contribution in [2.24, 2.45) is 11.8 Å². The quantitative estimate of drug-likeness (QED) is 0.0222. The van der Waals surface area contributed by atoms with Gasteiger partial charge in [-0.15, -0.1) is 0 Å². The Morgan fingerprint density at radius 1 is 0.293 bits per heavy atom. The minimum Gasteiger partial charge on any atom is -0.462 e. The summed E-state index contributed by atoms with van der Waals surface area (Å²) in [4.78, 5) is 73.0. The second-order valence-corrected chi connectivity index (χ2v) is 32.4. The van der Waals surface area contributed by atoms with E-state index in [2.05, 4.69) is 41.5 Å². The van der Waals surface area contributed by atoms with Gasteiger partial charge in [0, 0.05) is 25.7 Å². The van der Waals surface area contributed by atoms with Gasteiger partial charge in [0.05, 0.1) is 26.4 Å². The van der Waals surface area contributed by atoms with Gasteiger partial charge in [-0.3, -0.25) is 37.3 Å². The minimum atomic E-state index is -4.96. The van der Waals surface area contributed by atoms with Crippen molar-refractivity contribution in [3.8, 4) is 0 Å². The van der Waals surface area contributed by atoms with E-state index in [1.54, 1.807) is 0 Å². The summed E-state index contributed by atoms with van der Waals surface area (Å²) < 4.78 is 68.7. The summed E-state index contributed by atoms with van der Waals surface area (Å²) >= 11 is 0. The molecule has 0 rings (SSSR count). The van der Waals surface area contributed by atoms with Gasteiger partial charge in [0.1, 0.15) is 19.3 Å². The first-order valence-electron chi connectivity index (χ1n) is 41.5. The Morgan fingerprint density at radius 2 is 0.515 bits per heavy atom. The summed E-state index contributed by atoms with van der Waals surface area (Å²) in [6.45, 7) is 9.70. The molecule has 99 heavy (non-hydrogen) atoms. The maximum Gasteiger partial charge on any atom is 0.472 e. The van der Waals surface area contributed by atoms with Gasteiger partial charge in [0.25, 0.3) is 0 Å². The smallest absolute Gasteiger partial charge is 0.462 e. The van der Waals surface area contributed by atoms with Crippen LogP contribution >= 0.6 is 15.6 Å². The normalized spacial score (nSPS) is 14.2. The number of hydrogen-bond donors (Lipinski definition) is 3. The van der Waals surface area contributed by atoms with Gasteiger partial charge in [-0.05, 0) is 37.5 Å². The van der Waals surface area contributed by atoms with Crippen molar-refractivity contribution in [2.45, 2.75) is 439 Å². The van der Waals surface area contributed by atoms with Crippen molar-refractivity contribution in [3.05, 3.63) is 0 Å². The number of hydrogen-bond acceptors (Lipinski definition) is 15. The lowest BCUT2D eigenvalue weighted by Gasteiger charge is -2.21. The highest BCUT2D eigenvalue weighted by molar-refractivity contribution is 7.47. The molecular formula is C80H156O17P2. The molecular weight excluding hydrogens is 1290 g/mol. The van der Waals surface area contributed by atoms with Gasteiger partial charge in [-0.25, -0.2) is 9.13 Å². The highest BCUT2D eigenvalue weighted by Gasteiger charge is 2.30. The molecule has 0 saturated heterocycles. The fourth-order valence-electron chi connectivity index (χ4n) is 12.3. The van der Waals surface area contributed by atoms with Crippen LogP contribution in [-0.4, -0.2) is 96.7 Å². The number of phosphoric acid groups is 2. The van der Waals surface area contributed by atoms with Crippen LogP contribution in [0.25, 0.3) is 0 Å². The Hall–Kier alpha value is -1.94. The van der Waals surface area contributed by atoms with Gasteiger partial charge in [-0.1, -0.05) is 369 Å². The summed E-state index contributed by atoms with van der Waals surface area (Å²) in [7, 11) is -9.92. The molecule has 0 aromatic carbocycles. The summed E-state index contributed by atoms with van der Waals surface area (Å²) in [6, 6.07) is 0. The third-order valence-electron chi connectivity index (χ3n) is 19.1. The van der Waals surface area contributed by atoms with Gasteiger partial charge < -0.3 is 33.8 Å². The van der Waals surface area contributed by atoms with Crippen LogP contribution in [0.1, 0.15) is 420 Å². The minimum absolute atomic E-state index is 0.108. The molecule has 3 N–H and O–H groups in total. The molecule has 0 aliphatic rings. The number of ether oxygens (including phenoxy) is 4. The zero-order valence-corrected chi connectivity index (χ0v) is 66.6. The lowest BCUT2D eigenvalue weighted by Crippen LogP contribution is -2.30. The van der Waals surface area contributed by atoms with Gasteiger partial charge in [0.2, 0.25) is 0 Å². The summed E-state index contributed by atoms with van der Waals surface area (Å²) in [6.07, 6.45) is 60.8. The van der Waals surface area contributed by atoms with Crippen LogP contribution < -0.4 is 0 Å². The molecule has 0 saturated carbocycles. The fraction of sp³-hybridized carbons (Fsp3) is 0.950. The summed E-state index contributed by atoms with van der Waals surface area (Å²) in [5, 5.41) is 10.6. The first kappa shape index (κ1) is 97.1. The number of carbonyl (C=O) groups excluding carboxylic acids is 4. The molecule has 0 aromatic rings. The second kappa shape index (κ2) is 71.7. The number of esters is 4. The van der Waals surface area contributed by atoms with E-state index in [4.69, 9.17) is 37.0 Å². The fourth-order valence-corrected chi connectivity index (χ4v) is 13.9. The zero-order chi connectivity index (χ0) is 72.8. The summed E-state index contributed by atoms with van der Waals surface area (Å²) in [5.41, 5.74) is 0. The molecule has 0 radical (unpaired) electrons. The van der Waals surface area contributed by atoms with Crippen molar-refractivity contribution >= 4 is 39.5 Å². The van der Waals surface area contributed by atoms with Crippen molar-refractivity contribution < 1.29 is 80.2 Å². The predicted octanol–water partition coefficient (Wildman–Crippen LogP) is 23.9. The van der Waals surface area contributed by atoms with E-state index in [0.717, 1.165) is 102 Å². The van der Waals surface area contributed by atoms with E-state index in [1.807, 2.05) is 0 Å². The van der Waals surface area contributed by atoms with E-state index in [0.29, 0.717) is 25.7 Å². The van der Waals surface area contributed by atoms with Crippen LogP contribution in [0.15, 0.2) is 0 Å². The Kier molecular flexibility index (Phi) is 70.3. The Bertz CT molecular complexity index is 1910. The largest absolute Gasteiger partial charge is 0.472 e. The molecule has 0 heterocycles. The highest BCUT2D eigenvalue weighted by atomic mass is 31.2. The number of phosphoric ester groups is 2. The van der Waals surface area contributed by atoms with Crippen molar-refractivity contribution in [2.75, 3.05) is 39.6 Å². The van der Waals surface area contributed by atoms with E-state index < -0.39 is 97.5 Å². The third kappa shape index (κ3) is 72.8. The molecule has 19 heteroatoms. The Balaban J connectivity index is 5.26. The maximum atomic E-state index is 13.1. The third-order valence-corrected chi connectivity index (χ3v) is 21.0. The molecule has 0 fully saturated rings. The molecule has 0 amide bonds. The molecule has 17 nitrogen and oxygen atoms in total. The topological polar surface area (TPSA) is 237 Å². The molecule has 3 unspecified atom stereocenters. The Morgan fingerprint density at radius 3 is 0.768 bits per heavy atom. The molecule has 0 aliphatic heterocycles. The van der Waals surface area contributed by atoms with Crippen LogP contribution in [-0.2, 0) is 65.4 Å². The monoisotopic (exact) mass is 1450 g/mol. The molecule has 0 spiro atoms. The number of carbonyl (C=O) groups is 4. The number of rotatable bonds is 79. The van der Waals surface area contributed by atoms with E-state index >= 15 is 0 Å². The first-order chi connectivity index (χ1) is 47.9. The molecule has 0 bridgehead atoms. The van der Waals surface area contributed by atoms with E-state index in [-0.39, 0.29) is 25.7 Å². The van der Waals surface area contributed by atoms with E-state index in [1.165, 1.54) is 238 Å². The van der Waals surface area contributed by atoms with Gasteiger partial charge in [-0.2, -0.15) is 0 Å².